The number of rotatable bonds is 2. The van der Waals surface area contributed by atoms with E-state index in [0.717, 1.165) is 11.3 Å². The number of carbonyl (C=O) groups excluding carboxylic acids is 1. The molecule has 1 aliphatic heterocycles. The van der Waals surface area contributed by atoms with Gasteiger partial charge < -0.3 is 5.73 Å². The van der Waals surface area contributed by atoms with Crippen LogP contribution in [0.15, 0.2) is 59.7 Å². The Bertz CT molecular complexity index is 679. The Kier molecular flexibility index (Phi) is 2.99. The lowest BCUT2D eigenvalue weighted by Crippen LogP contribution is -2.26. The first-order chi connectivity index (χ1) is 9.68. The van der Waals surface area contributed by atoms with Gasteiger partial charge in [-0.25, -0.2) is 0 Å². The Labute approximate surface area is 117 Å². The topological polar surface area (TPSA) is 58.7 Å². The SMILES string of the molecule is CC1C(=O)N(c2ccccc2N)N=C1c1ccccc1. The van der Waals surface area contributed by atoms with Gasteiger partial charge in [0.25, 0.3) is 5.91 Å². The minimum absolute atomic E-state index is 0.0539. The number of hydrogen-bond acceptors (Lipinski definition) is 3. The van der Waals surface area contributed by atoms with Gasteiger partial charge in [0.15, 0.2) is 0 Å². The summed E-state index contributed by atoms with van der Waals surface area (Å²) in [6.07, 6.45) is 0. The molecule has 0 aliphatic carbocycles. The van der Waals surface area contributed by atoms with Crippen LogP contribution in [0.5, 0.6) is 0 Å². The van der Waals surface area contributed by atoms with Crippen molar-refractivity contribution in [3.63, 3.8) is 0 Å². The molecule has 0 saturated carbocycles. The minimum Gasteiger partial charge on any atom is -0.397 e. The van der Waals surface area contributed by atoms with Gasteiger partial charge in [0.05, 0.1) is 23.0 Å². The first-order valence-corrected chi connectivity index (χ1v) is 6.51. The lowest BCUT2D eigenvalue weighted by molar-refractivity contribution is -0.119. The van der Waals surface area contributed by atoms with Crippen LogP contribution in [0.4, 0.5) is 11.4 Å². The summed E-state index contributed by atoms with van der Waals surface area (Å²) < 4.78 is 0. The third kappa shape index (κ3) is 1.95. The lowest BCUT2D eigenvalue weighted by Gasteiger charge is -2.14. The molecule has 100 valence electrons. The molecule has 0 saturated heterocycles. The number of hydrogen-bond donors (Lipinski definition) is 1. The molecule has 4 heteroatoms. The van der Waals surface area contributed by atoms with Crippen molar-refractivity contribution in [3.05, 3.63) is 60.2 Å². The zero-order valence-corrected chi connectivity index (χ0v) is 11.2. The van der Waals surface area contributed by atoms with E-state index in [0.29, 0.717) is 11.4 Å². The summed E-state index contributed by atoms with van der Waals surface area (Å²) in [7, 11) is 0. The highest BCUT2D eigenvalue weighted by Gasteiger charge is 2.34. The molecule has 20 heavy (non-hydrogen) atoms. The van der Waals surface area contributed by atoms with E-state index in [4.69, 9.17) is 5.73 Å². The van der Waals surface area contributed by atoms with Gasteiger partial charge in [-0.15, -0.1) is 0 Å². The minimum atomic E-state index is -0.267. The van der Waals surface area contributed by atoms with Gasteiger partial charge in [-0.2, -0.15) is 10.1 Å². The smallest absolute Gasteiger partial charge is 0.256 e. The molecule has 2 N–H and O–H groups in total. The van der Waals surface area contributed by atoms with Gasteiger partial charge in [0.2, 0.25) is 0 Å². The van der Waals surface area contributed by atoms with Gasteiger partial charge in [-0.05, 0) is 24.6 Å². The number of carbonyl (C=O) groups is 1. The summed E-state index contributed by atoms with van der Waals surface area (Å²) in [5.74, 6) is -0.321. The summed E-state index contributed by atoms with van der Waals surface area (Å²) in [5, 5.41) is 5.88. The third-order valence-electron chi connectivity index (χ3n) is 3.43. The van der Waals surface area contributed by atoms with Gasteiger partial charge in [-0.1, -0.05) is 42.5 Å². The van der Waals surface area contributed by atoms with Crippen molar-refractivity contribution in [2.45, 2.75) is 6.92 Å². The molecule has 4 nitrogen and oxygen atoms in total. The molecular formula is C16H15N3O. The zero-order chi connectivity index (χ0) is 14.1. The van der Waals surface area contributed by atoms with Gasteiger partial charge in [0, 0.05) is 0 Å². The average Bonchev–Trinajstić information content (AvgIpc) is 2.77. The number of benzene rings is 2. The van der Waals surface area contributed by atoms with Crippen molar-refractivity contribution in [2.24, 2.45) is 11.0 Å². The molecule has 0 bridgehead atoms. The maximum absolute atomic E-state index is 12.4. The summed E-state index contributed by atoms with van der Waals surface area (Å²) in [6, 6.07) is 17.0. The van der Waals surface area contributed by atoms with E-state index in [1.165, 1.54) is 5.01 Å². The predicted molar refractivity (Wildman–Crippen MR) is 80.5 cm³/mol. The van der Waals surface area contributed by atoms with Crippen LogP contribution >= 0.6 is 0 Å². The van der Waals surface area contributed by atoms with Crippen LogP contribution in [0.25, 0.3) is 0 Å². The zero-order valence-electron chi connectivity index (χ0n) is 11.2. The Morgan fingerprint density at radius 3 is 2.40 bits per heavy atom. The fourth-order valence-corrected chi connectivity index (χ4v) is 2.31. The molecule has 2 aromatic rings. The highest BCUT2D eigenvalue weighted by Crippen LogP contribution is 2.30. The van der Waals surface area contributed by atoms with Crippen LogP contribution in [-0.4, -0.2) is 11.6 Å². The Hall–Kier alpha value is -2.62. The van der Waals surface area contributed by atoms with Crippen molar-refractivity contribution >= 4 is 23.0 Å². The fourth-order valence-electron chi connectivity index (χ4n) is 2.31. The predicted octanol–water partition coefficient (Wildman–Crippen LogP) is 2.66. The van der Waals surface area contributed by atoms with E-state index in [9.17, 15) is 4.79 Å². The quantitative estimate of drug-likeness (QED) is 0.849. The van der Waals surface area contributed by atoms with E-state index < -0.39 is 0 Å². The molecule has 2 aromatic carbocycles. The Morgan fingerprint density at radius 2 is 1.70 bits per heavy atom. The van der Waals surface area contributed by atoms with Crippen LogP contribution in [0, 0.1) is 5.92 Å². The highest BCUT2D eigenvalue weighted by atomic mass is 16.2. The summed E-state index contributed by atoms with van der Waals surface area (Å²) in [6.45, 7) is 1.87. The van der Waals surface area contributed by atoms with Crippen molar-refractivity contribution < 1.29 is 4.79 Å². The molecule has 1 amide bonds. The van der Waals surface area contributed by atoms with Crippen LogP contribution in [0.2, 0.25) is 0 Å². The number of nitrogens with two attached hydrogens (primary N) is 1. The number of para-hydroxylation sites is 2. The number of amides is 1. The molecule has 1 unspecified atom stereocenters. The molecule has 0 fully saturated rings. The molecule has 0 aromatic heterocycles. The van der Waals surface area contributed by atoms with E-state index in [2.05, 4.69) is 5.10 Å². The van der Waals surface area contributed by atoms with Crippen molar-refractivity contribution in [1.82, 2.24) is 0 Å². The standard InChI is InChI=1S/C16H15N3O/c1-11-15(12-7-3-2-4-8-12)18-19(16(11)20)14-10-6-5-9-13(14)17/h2-11H,17H2,1H3. The second-order valence-electron chi connectivity index (χ2n) is 4.78. The number of nitrogens with zero attached hydrogens (tertiary/aromatic N) is 2. The Balaban J connectivity index is 2.05. The van der Waals surface area contributed by atoms with Gasteiger partial charge in [0.1, 0.15) is 0 Å². The van der Waals surface area contributed by atoms with E-state index in [-0.39, 0.29) is 11.8 Å². The molecule has 0 spiro atoms. The first kappa shape index (κ1) is 12.4. The number of anilines is 2. The maximum atomic E-state index is 12.4. The molecule has 3 rings (SSSR count). The van der Waals surface area contributed by atoms with Crippen LogP contribution in [-0.2, 0) is 4.79 Å². The summed E-state index contributed by atoms with van der Waals surface area (Å²) in [4.78, 5) is 12.4. The molecule has 0 radical (unpaired) electrons. The van der Waals surface area contributed by atoms with Crippen LogP contribution < -0.4 is 10.7 Å². The summed E-state index contributed by atoms with van der Waals surface area (Å²) >= 11 is 0. The van der Waals surface area contributed by atoms with Crippen LogP contribution in [0.1, 0.15) is 12.5 Å². The fraction of sp³-hybridized carbons (Fsp3) is 0.125. The van der Waals surface area contributed by atoms with E-state index in [1.54, 1.807) is 12.1 Å². The monoisotopic (exact) mass is 265 g/mol. The lowest BCUT2D eigenvalue weighted by atomic mass is 9.99. The van der Waals surface area contributed by atoms with Gasteiger partial charge in [-0.3, -0.25) is 4.79 Å². The maximum Gasteiger partial charge on any atom is 0.256 e. The van der Waals surface area contributed by atoms with E-state index >= 15 is 0 Å². The molecule has 1 heterocycles. The van der Waals surface area contributed by atoms with Crippen molar-refractivity contribution in [2.75, 3.05) is 10.7 Å². The van der Waals surface area contributed by atoms with Crippen molar-refractivity contribution in [1.29, 1.82) is 0 Å². The van der Waals surface area contributed by atoms with Crippen LogP contribution in [0.3, 0.4) is 0 Å². The van der Waals surface area contributed by atoms with Gasteiger partial charge >= 0.3 is 0 Å². The Morgan fingerprint density at radius 1 is 1.05 bits per heavy atom. The van der Waals surface area contributed by atoms with E-state index in [1.807, 2.05) is 49.4 Å². The number of hydrazone groups is 1. The molecular weight excluding hydrogens is 250 g/mol. The highest BCUT2D eigenvalue weighted by molar-refractivity contribution is 6.21. The molecule has 1 atom stereocenters. The average molecular weight is 265 g/mol. The number of nitrogen functional groups attached to an aromatic ring is 1. The van der Waals surface area contributed by atoms with Crippen molar-refractivity contribution in [3.8, 4) is 0 Å². The normalized spacial score (nSPS) is 18.2. The summed E-state index contributed by atoms with van der Waals surface area (Å²) in [5.41, 5.74) is 8.85. The third-order valence-corrected chi connectivity index (χ3v) is 3.43. The second-order valence-corrected chi connectivity index (χ2v) is 4.78. The second kappa shape index (κ2) is 4.81. The first-order valence-electron chi connectivity index (χ1n) is 6.51. The molecule has 1 aliphatic rings. The largest absolute Gasteiger partial charge is 0.397 e.